The maximum Gasteiger partial charge on any atom is 0.269 e. The van der Waals surface area contributed by atoms with Gasteiger partial charge in [-0.2, -0.15) is 0 Å². The number of benzene rings is 1. The summed E-state index contributed by atoms with van der Waals surface area (Å²) < 4.78 is 13.3. The third kappa shape index (κ3) is 1.62. The number of halogens is 2. The molecule has 0 saturated carbocycles. The first kappa shape index (κ1) is 9.15. The highest BCUT2D eigenvalue weighted by Gasteiger charge is 2.13. The summed E-state index contributed by atoms with van der Waals surface area (Å²) in [4.78, 5) is 10.9. The van der Waals surface area contributed by atoms with Crippen LogP contribution in [0.4, 0.5) is 4.39 Å². The normalized spacial score (nSPS) is 9.58. The molecule has 1 rings (SSSR count). The van der Waals surface area contributed by atoms with Crippen LogP contribution in [0.1, 0.15) is 10.4 Å². The summed E-state index contributed by atoms with van der Waals surface area (Å²) in [6, 6.07) is 4.25. The van der Waals surface area contributed by atoms with Gasteiger partial charge in [-0.15, -0.1) is 0 Å². The molecule has 3 nitrogen and oxygen atoms in total. The second kappa shape index (κ2) is 3.64. The minimum atomic E-state index is -0.653. The summed E-state index contributed by atoms with van der Waals surface area (Å²) in [5.41, 5.74) is 1.77. The maximum atomic E-state index is 12.9. The van der Waals surface area contributed by atoms with Crippen molar-refractivity contribution in [2.75, 3.05) is 0 Å². The van der Waals surface area contributed by atoms with Crippen molar-refractivity contribution in [2.45, 2.75) is 0 Å². The standard InChI is InChI=1S/C7H6BrFN2O/c8-4-2-1-3-5(9)6(4)7(12)11-10/h1-3H,10H2,(H,11,12). The summed E-state index contributed by atoms with van der Waals surface area (Å²) in [7, 11) is 0. The fourth-order valence-corrected chi connectivity index (χ4v) is 1.31. The van der Waals surface area contributed by atoms with Gasteiger partial charge >= 0.3 is 0 Å². The summed E-state index contributed by atoms with van der Waals surface area (Å²) in [6.45, 7) is 0. The number of hydrazine groups is 1. The van der Waals surface area contributed by atoms with E-state index in [1.54, 1.807) is 6.07 Å². The Labute approximate surface area is 76.9 Å². The Morgan fingerprint density at radius 1 is 1.58 bits per heavy atom. The second-order valence-corrected chi connectivity index (χ2v) is 2.92. The molecule has 12 heavy (non-hydrogen) atoms. The van der Waals surface area contributed by atoms with Gasteiger partial charge in [-0.1, -0.05) is 6.07 Å². The highest BCUT2D eigenvalue weighted by Crippen LogP contribution is 2.18. The van der Waals surface area contributed by atoms with E-state index in [9.17, 15) is 9.18 Å². The summed E-state index contributed by atoms with van der Waals surface area (Å²) in [5, 5.41) is 0. The second-order valence-electron chi connectivity index (χ2n) is 2.07. The molecular formula is C7H6BrFN2O. The molecule has 0 aliphatic heterocycles. The molecular weight excluding hydrogens is 227 g/mol. The van der Waals surface area contributed by atoms with E-state index >= 15 is 0 Å². The Morgan fingerprint density at radius 2 is 2.25 bits per heavy atom. The van der Waals surface area contributed by atoms with E-state index in [0.717, 1.165) is 0 Å². The zero-order chi connectivity index (χ0) is 9.14. The number of rotatable bonds is 1. The first-order valence-electron chi connectivity index (χ1n) is 3.11. The number of carbonyl (C=O) groups excluding carboxylic acids is 1. The summed E-state index contributed by atoms with van der Waals surface area (Å²) in [6.07, 6.45) is 0. The first-order chi connectivity index (χ1) is 5.66. The molecule has 0 unspecified atom stereocenters. The molecule has 0 atom stereocenters. The van der Waals surface area contributed by atoms with Gasteiger partial charge in [0.25, 0.3) is 5.91 Å². The average Bonchev–Trinajstić information content (AvgIpc) is 2.03. The zero-order valence-corrected chi connectivity index (χ0v) is 7.56. The van der Waals surface area contributed by atoms with Crippen molar-refractivity contribution >= 4 is 21.8 Å². The predicted octanol–water partition coefficient (Wildman–Crippen LogP) is 1.19. The lowest BCUT2D eigenvalue weighted by Crippen LogP contribution is -2.31. The van der Waals surface area contributed by atoms with E-state index in [1.165, 1.54) is 12.1 Å². The fraction of sp³-hybridized carbons (Fsp3) is 0. The molecule has 1 amide bonds. The van der Waals surface area contributed by atoms with E-state index in [1.807, 2.05) is 5.43 Å². The van der Waals surface area contributed by atoms with Crippen molar-refractivity contribution in [2.24, 2.45) is 5.84 Å². The van der Waals surface area contributed by atoms with Crippen molar-refractivity contribution < 1.29 is 9.18 Å². The van der Waals surface area contributed by atoms with Gasteiger partial charge in [-0.05, 0) is 28.1 Å². The van der Waals surface area contributed by atoms with Crippen molar-refractivity contribution in [1.29, 1.82) is 0 Å². The van der Waals surface area contributed by atoms with E-state index in [2.05, 4.69) is 15.9 Å². The van der Waals surface area contributed by atoms with Crippen LogP contribution in [-0.4, -0.2) is 5.91 Å². The Bertz CT molecular complexity index is 296. The molecule has 1 aromatic carbocycles. The van der Waals surface area contributed by atoms with Gasteiger partial charge in [0.1, 0.15) is 5.82 Å². The minimum absolute atomic E-state index is 0.0833. The average molecular weight is 233 g/mol. The lowest BCUT2D eigenvalue weighted by Gasteiger charge is -2.02. The van der Waals surface area contributed by atoms with Crippen LogP contribution in [0.3, 0.4) is 0 Å². The molecule has 5 heteroatoms. The molecule has 0 aromatic heterocycles. The van der Waals surface area contributed by atoms with Crippen LogP contribution >= 0.6 is 15.9 Å². The molecule has 0 saturated heterocycles. The molecule has 0 bridgehead atoms. The van der Waals surface area contributed by atoms with Crippen LogP contribution in [-0.2, 0) is 0 Å². The minimum Gasteiger partial charge on any atom is -0.290 e. The lowest BCUT2D eigenvalue weighted by atomic mass is 10.2. The molecule has 0 spiro atoms. The van der Waals surface area contributed by atoms with E-state index in [-0.39, 0.29) is 5.56 Å². The highest BCUT2D eigenvalue weighted by molar-refractivity contribution is 9.10. The molecule has 0 radical (unpaired) electrons. The summed E-state index contributed by atoms with van der Waals surface area (Å²) in [5.74, 6) is 3.60. The maximum absolute atomic E-state index is 12.9. The van der Waals surface area contributed by atoms with E-state index < -0.39 is 11.7 Å². The largest absolute Gasteiger partial charge is 0.290 e. The molecule has 0 aliphatic rings. The molecule has 3 N–H and O–H groups in total. The monoisotopic (exact) mass is 232 g/mol. The van der Waals surface area contributed by atoms with Gasteiger partial charge in [0.05, 0.1) is 5.56 Å². The third-order valence-electron chi connectivity index (χ3n) is 1.32. The molecule has 0 fully saturated rings. The Balaban J connectivity index is 3.21. The number of hydrogen-bond donors (Lipinski definition) is 2. The summed E-state index contributed by atoms with van der Waals surface area (Å²) >= 11 is 3.03. The van der Waals surface area contributed by atoms with Crippen LogP contribution in [0.2, 0.25) is 0 Å². The number of nitrogens with two attached hydrogens (primary N) is 1. The molecule has 64 valence electrons. The van der Waals surface area contributed by atoms with Gasteiger partial charge in [0.2, 0.25) is 0 Å². The molecule has 1 aromatic rings. The Morgan fingerprint density at radius 3 is 2.75 bits per heavy atom. The fourth-order valence-electron chi connectivity index (χ4n) is 0.787. The van der Waals surface area contributed by atoms with Gasteiger partial charge < -0.3 is 0 Å². The number of nitrogen functional groups attached to an aromatic ring is 1. The smallest absolute Gasteiger partial charge is 0.269 e. The van der Waals surface area contributed by atoms with Gasteiger partial charge in [0.15, 0.2) is 0 Å². The SMILES string of the molecule is NNC(=O)c1c(F)cccc1Br. The van der Waals surface area contributed by atoms with Crippen LogP contribution in [0.25, 0.3) is 0 Å². The number of nitrogens with one attached hydrogen (secondary N) is 1. The Hall–Kier alpha value is -0.940. The predicted molar refractivity (Wildman–Crippen MR) is 45.8 cm³/mol. The van der Waals surface area contributed by atoms with Crippen molar-refractivity contribution in [1.82, 2.24) is 5.43 Å². The van der Waals surface area contributed by atoms with Crippen molar-refractivity contribution in [3.05, 3.63) is 34.1 Å². The van der Waals surface area contributed by atoms with Gasteiger partial charge in [-0.25, -0.2) is 10.2 Å². The first-order valence-corrected chi connectivity index (χ1v) is 3.91. The quantitative estimate of drug-likeness (QED) is 0.435. The van der Waals surface area contributed by atoms with Crippen molar-refractivity contribution in [3.8, 4) is 0 Å². The number of amides is 1. The topological polar surface area (TPSA) is 55.1 Å². The van der Waals surface area contributed by atoms with Gasteiger partial charge in [-0.3, -0.25) is 10.2 Å². The van der Waals surface area contributed by atoms with Crippen LogP contribution in [0.5, 0.6) is 0 Å². The Kier molecular flexibility index (Phi) is 2.78. The van der Waals surface area contributed by atoms with E-state index in [4.69, 9.17) is 5.84 Å². The van der Waals surface area contributed by atoms with Crippen LogP contribution < -0.4 is 11.3 Å². The third-order valence-corrected chi connectivity index (χ3v) is 1.98. The van der Waals surface area contributed by atoms with Gasteiger partial charge in [0, 0.05) is 4.47 Å². The van der Waals surface area contributed by atoms with Crippen LogP contribution in [0, 0.1) is 5.82 Å². The molecule has 0 heterocycles. The highest BCUT2D eigenvalue weighted by atomic mass is 79.9. The number of carbonyl (C=O) groups is 1. The lowest BCUT2D eigenvalue weighted by molar-refractivity contribution is 0.0949. The molecule has 0 aliphatic carbocycles. The van der Waals surface area contributed by atoms with E-state index in [0.29, 0.717) is 4.47 Å². The van der Waals surface area contributed by atoms with Crippen LogP contribution in [0.15, 0.2) is 22.7 Å². The zero-order valence-electron chi connectivity index (χ0n) is 5.97. The number of hydrogen-bond acceptors (Lipinski definition) is 2. The van der Waals surface area contributed by atoms with Crippen molar-refractivity contribution in [3.63, 3.8) is 0 Å².